The van der Waals surface area contributed by atoms with E-state index >= 15 is 0 Å². The van der Waals surface area contributed by atoms with Crippen LogP contribution in [0, 0.1) is 0 Å². The third-order valence-corrected chi connectivity index (χ3v) is 4.20. The summed E-state index contributed by atoms with van der Waals surface area (Å²) in [4.78, 5) is 0. The molecule has 20 heavy (non-hydrogen) atoms. The van der Waals surface area contributed by atoms with Crippen molar-refractivity contribution in [3.05, 3.63) is 62.5 Å². The van der Waals surface area contributed by atoms with E-state index in [-0.39, 0.29) is 6.04 Å². The zero-order valence-corrected chi connectivity index (χ0v) is 14.4. The number of nitrogens with two attached hydrogens (primary N) is 1. The van der Waals surface area contributed by atoms with Crippen LogP contribution in [0.3, 0.4) is 0 Å². The van der Waals surface area contributed by atoms with Crippen molar-refractivity contribution >= 4 is 31.9 Å². The molecule has 0 aliphatic rings. The predicted octanol–water partition coefficient (Wildman–Crippen LogP) is 4.85. The maximum atomic E-state index is 6.28. The van der Waals surface area contributed by atoms with Crippen LogP contribution in [0.25, 0.3) is 0 Å². The largest absolute Gasteiger partial charge is 0.493 e. The van der Waals surface area contributed by atoms with Crippen LogP contribution in [0.5, 0.6) is 5.75 Å². The van der Waals surface area contributed by atoms with Crippen molar-refractivity contribution in [1.82, 2.24) is 0 Å². The maximum Gasteiger partial charge on any atom is 0.133 e. The molecule has 2 N–H and O–H groups in total. The highest BCUT2D eigenvalue weighted by Gasteiger charge is 2.10. The molecular weight excluding hydrogens is 382 g/mol. The van der Waals surface area contributed by atoms with Crippen molar-refractivity contribution in [3.63, 3.8) is 0 Å². The van der Waals surface area contributed by atoms with Gasteiger partial charge < -0.3 is 10.5 Å². The highest BCUT2D eigenvalue weighted by molar-refractivity contribution is 9.10. The van der Waals surface area contributed by atoms with Crippen LogP contribution in [0.1, 0.15) is 24.1 Å². The summed E-state index contributed by atoms with van der Waals surface area (Å²) in [5, 5.41) is 0. The monoisotopic (exact) mass is 397 g/mol. The van der Waals surface area contributed by atoms with Gasteiger partial charge >= 0.3 is 0 Å². The summed E-state index contributed by atoms with van der Waals surface area (Å²) in [7, 11) is 0. The summed E-state index contributed by atoms with van der Waals surface area (Å²) in [6.45, 7) is 2.63. The molecule has 0 bridgehead atoms. The van der Waals surface area contributed by atoms with Gasteiger partial charge in [0.1, 0.15) is 5.75 Å². The molecule has 0 aromatic heterocycles. The lowest BCUT2D eigenvalue weighted by molar-refractivity contribution is 0.338. The van der Waals surface area contributed by atoms with Crippen LogP contribution in [0.4, 0.5) is 0 Å². The maximum absolute atomic E-state index is 6.28. The Hall–Kier alpha value is -0.840. The first-order chi connectivity index (χ1) is 9.60. The number of halogens is 2. The van der Waals surface area contributed by atoms with Gasteiger partial charge in [0.15, 0.2) is 0 Å². The Bertz CT molecular complexity index is 569. The zero-order valence-electron chi connectivity index (χ0n) is 11.3. The number of benzene rings is 2. The molecule has 0 aliphatic carbocycles. The Balaban J connectivity index is 2.10. The lowest BCUT2D eigenvalue weighted by atomic mass is 10.00. The zero-order chi connectivity index (χ0) is 14.5. The molecule has 2 nitrogen and oxygen atoms in total. The molecule has 0 saturated carbocycles. The fraction of sp³-hybridized carbons (Fsp3) is 0.250. The number of hydrogen-bond acceptors (Lipinski definition) is 2. The van der Waals surface area contributed by atoms with E-state index in [2.05, 4.69) is 44.0 Å². The summed E-state index contributed by atoms with van der Waals surface area (Å²) in [6, 6.07) is 14.3. The SMILES string of the molecule is CCOc1ccc(C(N)Cc2ccc(Br)cc2)cc1Br. The van der Waals surface area contributed by atoms with Crippen molar-refractivity contribution in [3.8, 4) is 5.75 Å². The van der Waals surface area contributed by atoms with Gasteiger partial charge in [-0.25, -0.2) is 0 Å². The second-order valence-electron chi connectivity index (χ2n) is 4.56. The number of rotatable bonds is 5. The standard InChI is InChI=1S/C16H17Br2NO/c1-2-20-16-8-5-12(10-14(16)18)15(19)9-11-3-6-13(17)7-4-11/h3-8,10,15H,2,9,19H2,1H3. The van der Waals surface area contributed by atoms with Crippen LogP contribution >= 0.6 is 31.9 Å². The van der Waals surface area contributed by atoms with E-state index in [1.807, 2.05) is 37.3 Å². The van der Waals surface area contributed by atoms with Crippen molar-refractivity contribution in [2.45, 2.75) is 19.4 Å². The Morgan fingerprint density at radius 1 is 1.10 bits per heavy atom. The fourth-order valence-electron chi connectivity index (χ4n) is 2.01. The van der Waals surface area contributed by atoms with Gasteiger partial charge in [0.25, 0.3) is 0 Å². The molecule has 106 valence electrons. The number of ether oxygens (including phenoxy) is 1. The van der Waals surface area contributed by atoms with Crippen LogP contribution in [-0.4, -0.2) is 6.61 Å². The Kier molecular flexibility index (Phi) is 5.64. The van der Waals surface area contributed by atoms with E-state index in [1.165, 1.54) is 5.56 Å². The van der Waals surface area contributed by atoms with Gasteiger partial charge in [0.2, 0.25) is 0 Å². The third kappa shape index (κ3) is 4.08. The van der Waals surface area contributed by atoms with Gasteiger partial charge in [-0.2, -0.15) is 0 Å². The van der Waals surface area contributed by atoms with E-state index in [0.717, 1.165) is 26.7 Å². The molecule has 2 aromatic carbocycles. The van der Waals surface area contributed by atoms with Gasteiger partial charge in [0.05, 0.1) is 11.1 Å². The summed E-state index contributed by atoms with van der Waals surface area (Å²) in [5.41, 5.74) is 8.61. The van der Waals surface area contributed by atoms with Gasteiger partial charge in [0, 0.05) is 10.5 Å². The fourth-order valence-corrected chi connectivity index (χ4v) is 2.79. The molecule has 0 radical (unpaired) electrons. The third-order valence-electron chi connectivity index (χ3n) is 3.05. The molecule has 4 heteroatoms. The van der Waals surface area contributed by atoms with Gasteiger partial charge in [-0.15, -0.1) is 0 Å². The molecule has 0 aliphatic heterocycles. The summed E-state index contributed by atoms with van der Waals surface area (Å²) in [6.07, 6.45) is 0.813. The van der Waals surface area contributed by atoms with Crippen molar-refractivity contribution < 1.29 is 4.74 Å². The van der Waals surface area contributed by atoms with E-state index in [4.69, 9.17) is 10.5 Å². The predicted molar refractivity (Wildman–Crippen MR) is 90.1 cm³/mol. The van der Waals surface area contributed by atoms with Gasteiger partial charge in [-0.05, 0) is 64.7 Å². The van der Waals surface area contributed by atoms with E-state index in [0.29, 0.717) is 6.61 Å². The summed E-state index contributed by atoms with van der Waals surface area (Å²) >= 11 is 6.96. The van der Waals surface area contributed by atoms with Crippen molar-refractivity contribution in [1.29, 1.82) is 0 Å². The quantitative estimate of drug-likeness (QED) is 0.780. The van der Waals surface area contributed by atoms with Crippen LogP contribution in [-0.2, 0) is 6.42 Å². The minimum absolute atomic E-state index is 0.0249. The molecular formula is C16H17Br2NO. The Labute approximate surface area is 136 Å². The summed E-state index contributed by atoms with van der Waals surface area (Å²) in [5.74, 6) is 0.854. The normalized spacial score (nSPS) is 12.2. The first-order valence-electron chi connectivity index (χ1n) is 6.52. The smallest absolute Gasteiger partial charge is 0.133 e. The van der Waals surface area contributed by atoms with Gasteiger partial charge in [-0.1, -0.05) is 34.1 Å². The molecule has 0 heterocycles. The highest BCUT2D eigenvalue weighted by atomic mass is 79.9. The molecule has 2 aromatic rings. The van der Waals surface area contributed by atoms with E-state index in [1.54, 1.807) is 0 Å². The summed E-state index contributed by atoms with van der Waals surface area (Å²) < 4.78 is 7.54. The topological polar surface area (TPSA) is 35.2 Å². The van der Waals surface area contributed by atoms with Crippen LogP contribution < -0.4 is 10.5 Å². The molecule has 0 fully saturated rings. The average molecular weight is 399 g/mol. The second kappa shape index (κ2) is 7.25. The van der Waals surface area contributed by atoms with Gasteiger partial charge in [-0.3, -0.25) is 0 Å². The Morgan fingerprint density at radius 3 is 2.40 bits per heavy atom. The first kappa shape index (κ1) is 15.5. The lowest BCUT2D eigenvalue weighted by Gasteiger charge is -2.14. The molecule has 0 spiro atoms. The molecule has 0 saturated heterocycles. The minimum atomic E-state index is -0.0249. The first-order valence-corrected chi connectivity index (χ1v) is 8.11. The second-order valence-corrected chi connectivity index (χ2v) is 6.33. The molecule has 2 rings (SSSR count). The van der Waals surface area contributed by atoms with Crippen LogP contribution in [0.15, 0.2) is 51.4 Å². The van der Waals surface area contributed by atoms with E-state index < -0.39 is 0 Å². The molecule has 1 atom stereocenters. The van der Waals surface area contributed by atoms with Crippen LogP contribution in [0.2, 0.25) is 0 Å². The Morgan fingerprint density at radius 2 is 1.80 bits per heavy atom. The van der Waals surface area contributed by atoms with E-state index in [9.17, 15) is 0 Å². The lowest BCUT2D eigenvalue weighted by Crippen LogP contribution is -2.13. The number of hydrogen-bond donors (Lipinski definition) is 1. The van der Waals surface area contributed by atoms with Crippen molar-refractivity contribution in [2.75, 3.05) is 6.61 Å². The highest BCUT2D eigenvalue weighted by Crippen LogP contribution is 2.29. The minimum Gasteiger partial charge on any atom is -0.493 e. The average Bonchev–Trinajstić information content (AvgIpc) is 2.44. The molecule has 0 amide bonds. The van der Waals surface area contributed by atoms with Crippen molar-refractivity contribution in [2.24, 2.45) is 5.73 Å². The molecule has 1 unspecified atom stereocenters.